The first-order valence-electron chi connectivity index (χ1n) is 4.86. The van der Waals surface area contributed by atoms with Gasteiger partial charge in [-0.25, -0.2) is 4.79 Å². The van der Waals surface area contributed by atoms with E-state index in [9.17, 15) is 4.79 Å². The molecule has 0 spiro atoms. The first-order valence-corrected chi connectivity index (χ1v) is 5.24. The quantitative estimate of drug-likeness (QED) is 0.753. The predicted molar refractivity (Wildman–Crippen MR) is 59.5 cm³/mol. The Balaban J connectivity index is 2.38. The summed E-state index contributed by atoms with van der Waals surface area (Å²) in [6, 6.07) is 6.82. The minimum absolute atomic E-state index is 0.414. The Morgan fingerprint density at radius 1 is 1.50 bits per heavy atom. The molecule has 0 aromatic heterocycles. The van der Waals surface area contributed by atoms with Gasteiger partial charge < -0.3 is 4.74 Å². The number of anilines is 1. The van der Waals surface area contributed by atoms with Crippen molar-refractivity contribution in [3.05, 3.63) is 28.8 Å². The number of ether oxygens (including phenoxy) is 1. The molecule has 0 unspecified atom stereocenters. The summed E-state index contributed by atoms with van der Waals surface area (Å²) < 4.78 is 4.92. The van der Waals surface area contributed by atoms with Crippen molar-refractivity contribution in [2.24, 2.45) is 0 Å². The Labute approximate surface area is 98.0 Å². The highest BCUT2D eigenvalue weighted by molar-refractivity contribution is 6.33. The van der Waals surface area contributed by atoms with Gasteiger partial charge in [0.2, 0.25) is 0 Å². The molecule has 0 atom stereocenters. The van der Waals surface area contributed by atoms with Crippen LogP contribution in [0, 0.1) is 11.3 Å². The van der Waals surface area contributed by atoms with E-state index in [2.05, 4.69) is 0 Å². The number of hydrogen-bond acceptors (Lipinski definition) is 3. The van der Waals surface area contributed by atoms with Crippen LogP contribution in [-0.2, 0) is 4.74 Å². The Kier molecular flexibility index (Phi) is 2.97. The number of carbonyl (C=O) groups excluding carboxylic acids is 1. The third-order valence-electron chi connectivity index (χ3n) is 2.34. The highest BCUT2D eigenvalue weighted by atomic mass is 35.5. The number of halogens is 1. The lowest BCUT2D eigenvalue weighted by Crippen LogP contribution is -2.37. The van der Waals surface area contributed by atoms with Crippen molar-refractivity contribution >= 4 is 23.4 Å². The van der Waals surface area contributed by atoms with Crippen LogP contribution in [0.1, 0.15) is 12.0 Å². The first-order chi connectivity index (χ1) is 7.72. The molecule has 0 N–H and O–H groups in total. The SMILES string of the molecule is N#Cc1ccc(Cl)c(N2CCCOC2=O)c1. The zero-order valence-electron chi connectivity index (χ0n) is 8.44. The molecule has 1 amide bonds. The summed E-state index contributed by atoms with van der Waals surface area (Å²) in [6.07, 6.45) is 0.349. The van der Waals surface area contributed by atoms with Crippen molar-refractivity contribution in [1.29, 1.82) is 5.26 Å². The zero-order chi connectivity index (χ0) is 11.5. The molecular weight excluding hydrogens is 228 g/mol. The van der Waals surface area contributed by atoms with Crippen molar-refractivity contribution < 1.29 is 9.53 Å². The number of rotatable bonds is 1. The van der Waals surface area contributed by atoms with Crippen molar-refractivity contribution in [2.75, 3.05) is 18.1 Å². The van der Waals surface area contributed by atoms with Gasteiger partial charge in [-0.3, -0.25) is 4.90 Å². The Morgan fingerprint density at radius 2 is 2.31 bits per heavy atom. The molecule has 1 heterocycles. The molecule has 0 saturated carbocycles. The van der Waals surface area contributed by atoms with Crippen LogP contribution in [-0.4, -0.2) is 19.2 Å². The van der Waals surface area contributed by atoms with E-state index in [0.717, 1.165) is 6.42 Å². The van der Waals surface area contributed by atoms with E-state index in [0.29, 0.717) is 29.4 Å². The van der Waals surface area contributed by atoms with Gasteiger partial charge in [0.05, 0.1) is 28.9 Å². The minimum Gasteiger partial charge on any atom is -0.449 e. The smallest absolute Gasteiger partial charge is 0.414 e. The van der Waals surface area contributed by atoms with Crippen molar-refractivity contribution in [1.82, 2.24) is 0 Å². The fourth-order valence-corrected chi connectivity index (χ4v) is 1.78. The van der Waals surface area contributed by atoms with Gasteiger partial charge in [-0.2, -0.15) is 5.26 Å². The molecule has 1 aliphatic heterocycles. The number of carbonyl (C=O) groups is 1. The van der Waals surface area contributed by atoms with Crippen LogP contribution in [0.3, 0.4) is 0 Å². The van der Waals surface area contributed by atoms with Gasteiger partial charge in [0, 0.05) is 6.54 Å². The van der Waals surface area contributed by atoms with Gasteiger partial charge in [0.1, 0.15) is 0 Å². The molecule has 0 bridgehead atoms. The summed E-state index contributed by atoms with van der Waals surface area (Å²) in [4.78, 5) is 13.0. The maximum Gasteiger partial charge on any atom is 0.414 e. The second-order valence-electron chi connectivity index (χ2n) is 3.40. The lowest BCUT2D eigenvalue weighted by atomic mass is 10.2. The second-order valence-corrected chi connectivity index (χ2v) is 3.80. The molecule has 1 aromatic rings. The summed E-state index contributed by atoms with van der Waals surface area (Å²) in [6.45, 7) is 0.998. The molecule has 82 valence electrons. The average Bonchev–Trinajstić information content (AvgIpc) is 2.31. The van der Waals surface area contributed by atoms with Crippen molar-refractivity contribution in [3.63, 3.8) is 0 Å². The average molecular weight is 237 g/mol. The van der Waals surface area contributed by atoms with E-state index in [-0.39, 0.29) is 0 Å². The molecule has 0 aliphatic carbocycles. The van der Waals surface area contributed by atoms with Crippen LogP contribution in [0.25, 0.3) is 0 Å². The largest absolute Gasteiger partial charge is 0.449 e. The summed E-state index contributed by atoms with van der Waals surface area (Å²) in [7, 11) is 0. The lowest BCUT2D eigenvalue weighted by Gasteiger charge is -2.27. The molecule has 4 nitrogen and oxygen atoms in total. The third kappa shape index (κ3) is 1.95. The molecule has 1 aromatic carbocycles. The van der Waals surface area contributed by atoms with Gasteiger partial charge in [0.25, 0.3) is 0 Å². The fraction of sp³-hybridized carbons (Fsp3) is 0.273. The molecule has 16 heavy (non-hydrogen) atoms. The summed E-state index contributed by atoms with van der Waals surface area (Å²) >= 11 is 5.99. The number of benzene rings is 1. The number of nitrogens with zero attached hydrogens (tertiary/aromatic N) is 2. The van der Waals surface area contributed by atoms with Crippen LogP contribution < -0.4 is 4.90 Å². The fourth-order valence-electron chi connectivity index (χ4n) is 1.56. The van der Waals surface area contributed by atoms with Gasteiger partial charge in [0.15, 0.2) is 0 Å². The molecule has 1 fully saturated rings. The monoisotopic (exact) mass is 236 g/mol. The van der Waals surface area contributed by atoms with Gasteiger partial charge in [-0.1, -0.05) is 11.6 Å². The van der Waals surface area contributed by atoms with Crippen LogP contribution in [0.4, 0.5) is 10.5 Å². The molecule has 0 radical (unpaired) electrons. The number of nitriles is 1. The minimum atomic E-state index is -0.414. The summed E-state index contributed by atoms with van der Waals surface area (Å²) in [5.41, 5.74) is 1.00. The number of hydrogen-bond donors (Lipinski definition) is 0. The van der Waals surface area contributed by atoms with Crippen molar-refractivity contribution in [2.45, 2.75) is 6.42 Å². The van der Waals surface area contributed by atoms with E-state index in [1.54, 1.807) is 18.2 Å². The van der Waals surface area contributed by atoms with Crippen molar-refractivity contribution in [3.8, 4) is 6.07 Å². The third-order valence-corrected chi connectivity index (χ3v) is 2.66. The Morgan fingerprint density at radius 3 is 3.00 bits per heavy atom. The van der Waals surface area contributed by atoms with E-state index in [1.165, 1.54) is 4.90 Å². The standard InChI is InChI=1S/C11H9ClN2O2/c12-9-3-2-8(7-13)6-10(9)14-4-1-5-16-11(14)15/h2-3,6H,1,4-5H2. The summed E-state index contributed by atoms with van der Waals surface area (Å²) in [5, 5.41) is 9.23. The Hall–Kier alpha value is -1.73. The first kappa shape index (κ1) is 10.8. The molecule has 5 heteroatoms. The lowest BCUT2D eigenvalue weighted by molar-refractivity contribution is 0.140. The topological polar surface area (TPSA) is 53.3 Å². The normalized spacial score (nSPS) is 15.5. The predicted octanol–water partition coefficient (Wildman–Crippen LogP) is 2.56. The van der Waals surface area contributed by atoms with Gasteiger partial charge in [-0.15, -0.1) is 0 Å². The second kappa shape index (κ2) is 4.42. The maximum absolute atomic E-state index is 11.5. The van der Waals surface area contributed by atoms with E-state index in [4.69, 9.17) is 21.6 Å². The van der Waals surface area contributed by atoms with E-state index >= 15 is 0 Å². The number of amides is 1. The molecule has 1 saturated heterocycles. The van der Waals surface area contributed by atoms with Crippen LogP contribution in [0.5, 0.6) is 0 Å². The van der Waals surface area contributed by atoms with Gasteiger partial charge in [-0.05, 0) is 24.6 Å². The van der Waals surface area contributed by atoms with Crippen LogP contribution in [0.15, 0.2) is 18.2 Å². The zero-order valence-corrected chi connectivity index (χ0v) is 9.20. The highest BCUT2D eigenvalue weighted by Crippen LogP contribution is 2.28. The number of cyclic esters (lactones) is 1. The Bertz CT molecular complexity index is 468. The molecular formula is C11H9ClN2O2. The highest BCUT2D eigenvalue weighted by Gasteiger charge is 2.23. The molecule has 1 aliphatic rings. The molecule has 2 rings (SSSR count). The van der Waals surface area contributed by atoms with E-state index < -0.39 is 6.09 Å². The van der Waals surface area contributed by atoms with Crippen LogP contribution in [0.2, 0.25) is 5.02 Å². The van der Waals surface area contributed by atoms with Gasteiger partial charge >= 0.3 is 6.09 Å². The summed E-state index contributed by atoms with van der Waals surface area (Å²) in [5.74, 6) is 0. The van der Waals surface area contributed by atoms with E-state index in [1.807, 2.05) is 6.07 Å². The van der Waals surface area contributed by atoms with Crippen LogP contribution >= 0.6 is 11.6 Å². The maximum atomic E-state index is 11.5.